The minimum absolute atomic E-state index is 0.00387. The lowest BCUT2D eigenvalue weighted by molar-refractivity contribution is -0.137. The van der Waals surface area contributed by atoms with E-state index in [9.17, 15) is 9.59 Å². The Kier molecular flexibility index (Phi) is 6.40. The lowest BCUT2D eigenvalue weighted by Gasteiger charge is -2.35. The zero-order valence-corrected chi connectivity index (χ0v) is 13.4. The van der Waals surface area contributed by atoms with Gasteiger partial charge in [0.1, 0.15) is 6.61 Å². The second-order valence-corrected chi connectivity index (χ2v) is 6.16. The summed E-state index contributed by atoms with van der Waals surface area (Å²) in [6.45, 7) is 1.87. The molecule has 1 aromatic rings. The second-order valence-electron chi connectivity index (χ2n) is 6.16. The molecular formula is C17H24N2O4. The molecule has 0 saturated carbocycles. The summed E-state index contributed by atoms with van der Waals surface area (Å²) in [7, 11) is 1.98. The molecule has 1 aliphatic rings. The van der Waals surface area contributed by atoms with E-state index >= 15 is 0 Å². The van der Waals surface area contributed by atoms with E-state index in [1.54, 1.807) is 0 Å². The minimum Gasteiger partial charge on any atom is -0.481 e. The monoisotopic (exact) mass is 320 g/mol. The van der Waals surface area contributed by atoms with Crippen molar-refractivity contribution in [2.75, 3.05) is 20.1 Å². The predicted molar refractivity (Wildman–Crippen MR) is 86.0 cm³/mol. The van der Waals surface area contributed by atoms with Gasteiger partial charge in [-0.1, -0.05) is 30.3 Å². The van der Waals surface area contributed by atoms with Gasteiger partial charge in [0.05, 0.1) is 0 Å². The van der Waals surface area contributed by atoms with Crippen LogP contribution in [-0.4, -0.2) is 48.2 Å². The van der Waals surface area contributed by atoms with E-state index in [2.05, 4.69) is 10.2 Å². The largest absolute Gasteiger partial charge is 0.481 e. The molecule has 1 heterocycles. The lowest BCUT2D eigenvalue weighted by Crippen LogP contribution is -2.49. The molecule has 0 spiro atoms. The van der Waals surface area contributed by atoms with Crippen LogP contribution in [0.4, 0.5) is 4.79 Å². The molecule has 2 atom stereocenters. The first-order chi connectivity index (χ1) is 11.0. The van der Waals surface area contributed by atoms with Crippen molar-refractivity contribution in [3.8, 4) is 0 Å². The summed E-state index contributed by atoms with van der Waals surface area (Å²) in [5, 5.41) is 11.7. The number of hydrogen-bond acceptors (Lipinski definition) is 4. The number of nitrogens with one attached hydrogen (secondary N) is 1. The molecule has 23 heavy (non-hydrogen) atoms. The third-order valence-electron chi connectivity index (χ3n) is 4.02. The van der Waals surface area contributed by atoms with Crippen molar-refractivity contribution in [1.29, 1.82) is 0 Å². The first-order valence-electron chi connectivity index (χ1n) is 7.90. The summed E-state index contributed by atoms with van der Waals surface area (Å²) in [6, 6.07) is 9.53. The standard InChI is InChI=1S/C17H24N2O4/c1-19-10-14(7-8-16(20)21)9-15(11-19)18-17(22)23-12-13-5-3-2-4-6-13/h2-6,14-15H,7-12H2,1H3,(H,18,22)(H,20,21). The van der Waals surface area contributed by atoms with Crippen molar-refractivity contribution < 1.29 is 19.4 Å². The van der Waals surface area contributed by atoms with Gasteiger partial charge in [-0.05, 0) is 31.4 Å². The highest BCUT2D eigenvalue weighted by Crippen LogP contribution is 2.20. The summed E-state index contributed by atoms with van der Waals surface area (Å²) in [5.41, 5.74) is 0.947. The van der Waals surface area contributed by atoms with Crippen LogP contribution in [0, 0.1) is 5.92 Å². The Hall–Kier alpha value is -2.08. The van der Waals surface area contributed by atoms with E-state index in [-0.39, 0.29) is 25.0 Å². The maximum absolute atomic E-state index is 11.9. The maximum atomic E-state index is 11.9. The average molecular weight is 320 g/mol. The van der Waals surface area contributed by atoms with Gasteiger partial charge in [0, 0.05) is 25.6 Å². The van der Waals surface area contributed by atoms with Gasteiger partial charge < -0.3 is 20.1 Å². The smallest absolute Gasteiger partial charge is 0.407 e. The molecule has 126 valence electrons. The van der Waals surface area contributed by atoms with Crippen LogP contribution < -0.4 is 5.32 Å². The summed E-state index contributed by atoms with van der Waals surface area (Å²) >= 11 is 0. The Bertz CT molecular complexity index is 521. The number of rotatable bonds is 6. The first-order valence-corrected chi connectivity index (χ1v) is 7.90. The molecule has 6 heteroatoms. The summed E-state index contributed by atoms with van der Waals surface area (Å²) in [6.07, 6.45) is 1.17. The molecule has 1 aromatic carbocycles. The Morgan fingerprint density at radius 2 is 2.04 bits per heavy atom. The lowest BCUT2D eigenvalue weighted by atomic mass is 9.91. The average Bonchev–Trinajstić information content (AvgIpc) is 2.51. The molecule has 1 saturated heterocycles. The number of carboxylic acids is 1. The van der Waals surface area contributed by atoms with Crippen LogP contribution in [0.2, 0.25) is 0 Å². The van der Waals surface area contributed by atoms with Gasteiger partial charge in [-0.2, -0.15) is 0 Å². The topological polar surface area (TPSA) is 78.9 Å². The number of nitrogens with zero attached hydrogens (tertiary/aromatic N) is 1. The van der Waals surface area contributed by atoms with E-state index in [1.165, 1.54) is 0 Å². The first kappa shape index (κ1) is 17.3. The van der Waals surface area contributed by atoms with E-state index < -0.39 is 12.1 Å². The van der Waals surface area contributed by atoms with Crippen LogP contribution in [0.15, 0.2) is 30.3 Å². The molecule has 0 aliphatic carbocycles. The Morgan fingerprint density at radius 1 is 1.30 bits per heavy atom. The fraction of sp³-hybridized carbons (Fsp3) is 0.529. The zero-order chi connectivity index (χ0) is 16.7. The van der Waals surface area contributed by atoms with Crippen molar-refractivity contribution in [1.82, 2.24) is 10.2 Å². The second kappa shape index (κ2) is 8.53. The van der Waals surface area contributed by atoms with Crippen molar-refractivity contribution in [3.05, 3.63) is 35.9 Å². The highest BCUT2D eigenvalue weighted by molar-refractivity contribution is 5.67. The zero-order valence-electron chi connectivity index (χ0n) is 13.4. The number of benzene rings is 1. The molecule has 0 radical (unpaired) electrons. The molecule has 6 nitrogen and oxygen atoms in total. The highest BCUT2D eigenvalue weighted by atomic mass is 16.5. The highest BCUT2D eigenvalue weighted by Gasteiger charge is 2.27. The fourth-order valence-electron chi connectivity index (χ4n) is 3.02. The van der Waals surface area contributed by atoms with Crippen molar-refractivity contribution >= 4 is 12.1 Å². The van der Waals surface area contributed by atoms with E-state index in [0.717, 1.165) is 25.1 Å². The van der Waals surface area contributed by atoms with E-state index in [1.807, 2.05) is 37.4 Å². The number of carboxylic acid groups (broad SMARTS) is 1. The predicted octanol–water partition coefficient (Wildman–Crippen LogP) is 2.10. The molecule has 2 N–H and O–H groups in total. The number of hydrogen-bond donors (Lipinski definition) is 2. The number of aliphatic carboxylic acids is 1. The van der Waals surface area contributed by atoms with Crippen molar-refractivity contribution in [2.24, 2.45) is 5.92 Å². The molecule has 1 fully saturated rings. The number of carbonyl (C=O) groups is 2. The molecule has 1 aliphatic heterocycles. The quantitative estimate of drug-likeness (QED) is 0.839. The van der Waals surface area contributed by atoms with Crippen LogP contribution in [0.1, 0.15) is 24.8 Å². The van der Waals surface area contributed by atoms with Crippen molar-refractivity contribution in [3.63, 3.8) is 0 Å². The molecule has 2 unspecified atom stereocenters. The number of piperidine rings is 1. The summed E-state index contributed by atoms with van der Waals surface area (Å²) in [5.74, 6) is -0.491. The van der Waals surface area contributed by atoms with Gasteiger partial charge in [0.2, 0.25) is 0 Å². The van der Waals surface area contributed by atoms with Crippen LogP contribution >= 0.6 is 0 Å². The summed E-state index contributed by atoms with van der Waals surface area (Å²) in [4.78, 5) is 24.7. The van der Waals surface area contributed by atoms with Crippen LogP contribution in [-0.2, 0) is 16.1 Å². The summed E-state index contributed by atoms with van der Waals surface area (Å²) < 4.78 is 5.24. The molecule has 2 rings (SSSR count). The molecule has 0 aromatic heterocycles. The number of likely N-dealkylation sites (N-methyl/N-ethyl adjacent to an activating group) is 1. The molecule has 1 amide bonds. The van der Waals surface area contributed by atoms with E-state index in [0.29, 0.717) is 6.42 Å². The van der Waals surface area contributed by atoms with Gasteiger partial charge in [-0.15, -0.1) is 0 Å². The van der Waals surface area contributed by atoms with Crippen LogP contribution in [0.3, 0.4) is 0 Å². The number of likely N-dealkylation sites (tertiary alicyclic amines) is 1. The van der Waals surface area contributed by atoms with Crippen LogP contribution in [0.5, 0.6) is 0 Å². The third-order valence-corrected chi connectivity index (χ3v) is 4.02. The number of alkyl carbamates (subject to hydrolysis) is 1. The van der Waals surface area contributed by atoms with Gasteiger partial charge in [0.15, 0.2) is 0 Å². The SMILES string of the molecule is CN1CC(CCC(=O)O)CC(NC(=O)OCc2ccccc2)C1. The van der Waals surface area contributed by atoms with Crippen molar-refractivity contribution in [2.45, 2.75) is 31.9 Å². The normalized spacial score (nSPS) is 21.6. The third kappa shape index (κ3) is 6.28. The van der Waals surface area contributed by atoms with E-state index in [4.69, 9.17) is 9.84 Å². The minimum atomic E-state index is -0.773. The number of carbonyl (C=O) groups excluding carboxylic acids is 1. The van der Waals surface area contributed by atoms with Gasteiger partial charge >= 0.3 is 12.1 Å². The Morgan fingerprint density at radius 3 is 2.74 bits per heavy atom. The van der Waals surface area contributed by atoms with Crippen LogP contribution in [0.25, 0.3) is 0 Å². The Labute approximate surface area is 136 Å². The Balaban J connectivity index is 1.76. The van der Waals surface area contributed by atoms with Gasteiger partial charge in [-0.3, -0.25) is 4.79 Å². The molecular weight excluding hydrogens is 296 g/mol. The van der Waals surface area contributed by atoms with Gasteiger partial charge in [0.25, 0.3) is 0 Å². The van der Waals surface area contributed by atoms with Gasteiger partial charge in [-0.25, -0.2) is 4.79 Å². The fourth-order valence-corrected chi connectivity index (χ4v) is 3.02. The number of amides is 1. The molecule has 0 bridgehead atoms. The maximum Gasteiger partial charge on any atom is 0.407 e. The number of ether oxygens (including phenoxy) is 1.